The van der Waals surface area contributed by atoms with Crippen molar-refractivity contribution in [3.63, 3.8) is 0 Å². The Bertz CT molecular complexity index is 225. The Labute approximate surface area is 93.3 Å². The second-order valence-corrected chi connectivity index (χ2v) is 5.20. The predicted octanol–water partition coefficient (Wildman–Crippen LogP) is 3.11. The zero-order valence-electron chi connectivity index (χ0n) is 9.91. The molecule has 0 heterocycles. The van der Waals surface area contributed by atoms with Crippen LogP contribution in [0.5, 0.6) is 0 Å². The van der Waals surface area contributed by atoms with Gasteiger partial charge in [-0.3, -0.25) is 4.99 Å². The fourth-order valence-corrected chi connectivity index (χ4v) is 2.72. The third kappa shape index (κ3) is 2.96. The normalized spacial score (nSPS) is 26.6. The van der Waals surface area contributed by atoms with Gasteiger partial charge in [-0.05, 0) is 38.0 Å². The third-order valence-electron chi connectivity index (χ3n) is 3.92. The fraction of sp³-hybridized carbons (Fsp3) is 0.923. The molecule has 2 fully saturated rings. The lowest BCUT2D eigenvalue weighted by Crippen LogP contribution is -2.25. The highest BCUT2D eigenvalue weighted by molar-refractivity contribution is 5.85. The molecule has 0 aromatic heterocycles. The number of nitrogens with zero attached hydrogens (tertiary/aromatic N) is 1. The summed E-state index contributed by atoms with van der Waals surface area (Å²) >= 11 is 0. The standard InChI is InChI=1S/C13H24N2/c1-2-12(10-6-4-3-5-7-10)15-13(14)11-8-9-11/h10-12H,2-9H2,1H3,(H2,14,15). The molecule has 0 aliphatic heterocycles. The summed E-state index contributed by atoms with van der Waals surface area (Å²) in [4.78, 5) is 4.78. The average molecular weight is 208 g/mol. The molecule has 0 aromatic rings. The molecule has 15 heavy (non-hydrogen) atoms. The molecule has 0 aromatic carbocycles. The van der Waals surface area contributed by atoms with Crippen LogP contribution in [0, 0.1) is 11.8 Å². The molecule has 1 atom stereocenters. The molecule has 2 rings (SSSR count). The van der Waals surface area contributed by atoms with E-state index < -0.39 is 0 Å². The van der Waals surface area contributed by atoms with Crippen LogP contribution in [-0.2, 0) is 0 Å². The maximum Gasteiger partial charge on any atom is 0.0971 e. The molecule has 0 amide bonds. The van der Waals surface area contributed by atoms with Crippen molar-refractivity contribution in [3.05, 3.63) is 0 Å². The SMILES string of the molecule is CCC(N=C(N)C1CC1)C1CCCCC1. The number of amidine groups is 1. The van der Waals surface area contributed by atoms with Crippen LogP contribution < -0.4 is 5.73 Å². The predicted molar refractivity (Wildman–Crippen MR) is 65.0 cm³/mol. The zero-order valence-corrected chi connectivity index (χ0v) is 9.91. The van der Waals surface area contributed by atoms with Gasteiger partial charge < -0.3 is 5.73 Å². The summed E-state index contributed by atoms with van der Waals surface area (Å²) in [6.07, 6.45) is 10.7. The average Bonchev–Trinajstić information content (AvgIpc) is 3.10. The van der Waals surface area contributed by atoms with Gasteiger partial charge in [-0.1, -0.05) is 26.2 Å². The lowest BCUT2D eigenvalue weighted by molar-refractivity contribution is 0.301. The van der Waals surface area contributed by atoms with Crippen molar-refractivity contribution in [2.24, 2.45) is 22.6 Å². The van der Waals surface area contributed by atoms with E-state index >= 15 is 0 Å². The van der Waals surface area contributed by atoms with Crippen LogP contribution in [0.2, 0.25) is 0 Å². The van der Waals surface area contributed by atoms with Crippen LogP contribution in [0.3, 0.4) is 0 Å². The second kappa shape index (κ2) is 5.00. The Morgan fingerprint density at radius 3 is 2.40 bits per heavy atom. The molecule has 2 aliphatic carbocycles. The van der Waals surface area contributed by atoms with E-state index in [0.717, 1.165) is 18.2 Å². The molecule has 2 aliphatic rings. The lowest BCUT2D eigenvalue weighted by Gasteiger charge is -2.27. The van der Waals surface area contributed by atoms with E-state index in [9.17, 15) is 0 Å². The van der Waals surface area contributed by atoms with Gasteiger partial charge in [0.2, 0.25) is 0 Å². The first-order valence-corrected chi connectivity index (χ1v) is 6.64. The number of hydrogen-bond acceptors (Lipinski definition) is 1. The zero-order chi connectivity index (χ0) is 10.7. The molecule has 1 unspecified atom stereocenters. The molecular formula is C13H24N2. The van der Waals surface area contributed by atoms with Crippen LogP contribution in [0.1, 0.15) is 58.3 Å². The molecule has 0 bridgehead atoms. The third-order valence-corrected chi connectivity index (χ3v) is 3.92. The number of aliphatic imine (C=N–C) groups is 1. The van der Waals surface area contributed by atoms with Gasteiger partial charge in [-0.15, -0.1) is 0 Å². The van der Waals surface area contributed by atoms with Crippen molar-refractivity contribution in [2.75, 3.05) is 0 Å². The highest BCUT2D eigenvalue weighted by Gasteiger charge is 2.28. The molecule has 2 N–H and O–H groups in total. The quantitative estimate of drug-likeness (QED) is 0.559. The van der Waals surface area contributed by atoms with Crippen LogP contribution in [0.15, 0.2) is 4.99 Å². The largest absolute Gasteiger partial charge is 0.387 e. The summed E-state index contributed by atoms with van der Waals surface area (Å²) in [6, 6.07) is 0.519. The summed E-state index contributed by atoms with van der Waals surface area (Å²) < 4.78 is 0. The molecular weight excluding hydrogens is 184 g/mol. The van der Waals surface area contributed by atoms with Gasteiger partial charge in [-0.2, -0.15) is 0 Å². The Balaban J connectivity index is 1.92. The van der Waals surface area contributed by atoms with Crippen molar-refractivity contribution >= 4 is 5.84 Å². The molecule has 2 heteroatoms. The fourth-order valence-electron chi connectivity index (χ4n) is 2.72. The van der Waals surface area contributed by atoms with E-state index in [-0.39, 0.29) is 0 Å². The molecule has 0 saturated heterocycles. The summed E-state index contributed by atoms with van der Waals surface area (Å²) in [6.45, 7) is 2.25. The van der Waals surface area contributed by atoms with Gasteiger partial charge in [0, 0.05) is 5.92 Å². The topological polar surface area (TPSA) is 38.4 Å². The van der Waals surface area contributed by atoms with E-state index in [1.165, 1.54) is 44.9 Å². The van der Waals surface area contributed by atoms with Crippen molar-refractivity contribution in [2.45, 2.75) is 64.3 Å². The highest BCUT2D eigenvalue weighted by Crippen LogP contribution is 2.32. The summed E-state index contributed by atoms with van der Waals surface area (Å²) in [7, 11) is 0. The van der Waals surface area contributed by atoms with Crippen LogP contribution in [-0.4, -0.2) is 11.9 Å². The number of rotatable bonds is 4. The van der Waals surface area contributed by atoms with E-state index in [1.54, 1.807) is 0 Å². The second-order valence-electron chi connectivity index (χ2n) is 5.20. The molecule has 0 radical (unpaired) electrons. The molecule has 2 saturated carbocycles. The molecule has 2 nitrogen and oxygen atoms in total. The maximum atomic E-state index is 6.01. The van der Waals surface area contributed by atoms with Gasteiger partial charge in [0.15, 0.2) is 0 Å². The number of hydrogen-bond donors (Lipinski definition) is 1. The Morgan fingerprint density at radius 1 is 1.20 bits per heavy atom. The van der Waals surface area contributed by atoms with Crippen molar-refractivity contribution in [1.82, 2.24) is 0 Å². The highest BCUT2D eigenvalue weighted by atomic mass is 14.9. The van der Waals surface area contributed by atoms with Crippen LogP contribution in [0.4, 0.5) is 0 Å². The summed E-state index contributed by atoms with van der Waals surface area (Å²) in [5, 5.41) is 0. The van der Waals surface area contributed by atoms with E-state index in [1.807, 2.05) is 0 Å². The van der Waals surface area contributed by atoms with Crippen LogP contribution in [0.25, 0.3) is 0 Å². The minimum absolute atomic E-state index is 0.519. The first-order valence-electron chi connectivity index (χ1n) is 6.64. The van der Waals surface area contributed by atoms with E-state index in [2.05, 4.69) is 6.92 Å². The smallest absolute Gasteiger partial charge is 0.0971 e. The Kier molecular flexibility index (Phi) is 3.66. The van der Waals surface area contributed by atoms with E-state index in [4.69, 9.17) is 10.7 Å². The van der Waals surface area contributed by atoms with Gasteiger partial charge >= 0.3 is 0 Å². The van der Waals surface area contributed by atoms with Gasteiger partial charge in [0.25, 0.3) is 0 Å². The lowest BCUT2D eigenvalue weighted by atomic mass is 9.83. The molecule has 0 spiro atoms. The monoisotopic (exact) mass is 208 g/mol. The van der Waals surface area contributed by atoms with Gasteiger partial charge in [0.1, 0.15) is 0 Å². The minimum Gasteiger partial charge on any atom is -0.387 e. The molecule has 86 valence electrons. The van der Waals surface area contributed by atoms with Crippen molar-refractivity contribution in [1.29, 1.82) is 0 Å². The Hall–Kier alpha value is -0.530. The minimum atomic E-state index is 0.519. The number of nitrogens with two attached hydrogens (primary N) is 1. The van der Waals surface area contributed by atoms with Crippen molar-refractivity contribution < 1.29 is 0 Å². The summed E-state index contributed by atoms with van der Waals surface area (Å²) in [5.74, 6) is 2.41. The van der Waals surface area contributed by atoms with Gasteiger partial charge in [0.05, 0.1) is 11.9 Å². The van der Waals surface area contributed by atoms with Crippen LogP contribution >= 0.6 is 0 Å². The maximum absolute atomic E-state index is 6.01. The summed E-state index contributed by atoms with van der Waals surface area (Å²) in [5.41, 5.74) is 6.01. The van der Waals surface area contributed by atoms with Crippen molar-refractivity contribution in [3.8, 4) is 0 Å². The Morgan fingerprint density at radius 2 is 1.87 bits per heavy atom. The first-order chi connectivity index (χ1) is 7.31. The van der Waals surface area contributed by atoms with Gasteiger partial charge in [-0.25, -0.2) is 0 Å². The first kappa shape index (κ1) is 11.0. The van der Waals surface area contributed by atoms with E-state index in [0.29, 0.717) is 12.0 Å².